The van der Waals surface area contributed by atoms with Gasteiger partial charge in [0.25, 0.3) is 5.91 Å². The number of amides is 2. The maximum Gasteiger partial charge on any atom is 0.251 e. The first-order valence-corrected chi connectivity index (χ1v) is 9.06. The van der Waals surface area contributed by atoms with E-state index in [1.54, 1.807) is 0 Å². The maximum absolute atomic E-state index is 13.2. The minimum absolute atomic E-state index is 0.162. The minimum Gasteiger partial charge on any atom is -0.288 e. The van der Waals surface area contributed by atoms with Crippen LogP contribution in [-0.4, -0.2) is 35.3 Å². The van der Waals surface area contributed by atoms with Crippen LogP contribution in [-0.2, 0) is 9.59 Å². The zero-order valence-corrected chi connectivity index (χ0v) is 15.1. The molecule has 3 atom stereocenters. The fraction of sp³-hybridized carbons (Fsp3) is 0.600. The van der Waals surface area contributed by atoms with Crippen molar-refractivity contribution >= 4 is 17.5 Å². The van der Waals surface area contributed by atoms with Gasteiger partial charge in [-0.25, -0.2) is 9.29 Å². The number of likely N-dealkylation sites (tertiary alicyclic amines) is 1. The molecule has 0 N–H and O–H groups in total. The summed E-state index contributed by atoms with van der Waals surface area (Å²) in [6.07, 6.45) is 3.55. The SMILES string of the molecule is CC1(C)C[C@@H]2C[C@@](C)(CN2[C@H]2CC(=O)N(c3ccc(F)cc3)C2=O)C1. The van der Waals surface area contributed by atoms with Crippen molar-refractivity contribution < 1.29 is 14.0 Å². The Morgan fingerprint density at radius 2 is 1.76 bits per heavy atom. The molecule has 2 heterocycles. The van der Waals surface area contributed by atoms with Crippen molar-refractivity contribution in [3.63, 3.8) is 0 Å². The number of rotatable bonds is 2. The van der Waals surface area contributed by atoms with Crippen LogP contribution in [0.4, 0.5) is 10.1 Å². The first-order chi connectivity index (χ1) is 11.7. The van der Waals surface area contributed by atoms with Crippen LogP contribution in [0, 0.1) is 16.6 Å². The summed E-state index contributed by atoms with van der Waals surface area (Å²) in [4.78, 5) is 29.0. The summed E-state index contributed by atoms with van der Waals surface area (Å²) in [5.74, 6) is -0.721. The van der Waals surface area contributed by atoms with E-state index in [1.165, 1.54) is 29.2 Å². The number of hydrogen-bond acceptors (Lipinski definition) is 3. The summed E-state index contributed by atoms with van der Waals surface area (Å²) in [5.41, 5.74) is 0.959. The van der Waals surface area contributed by atoms with Gasteiger partial charge in [0.05, 0.1) is 18.2 Å². The molecule has 4 rings (SSSR count). The van der Waals surface area contributed by atoms with E-state index in [2.05, 4.69) is 25.7 Å². The smallest absolute Gasteiger partial charge is 0.251 e. The fourth-order valence-corrected chi connectivity index (χ4v) is 5.60. The molecular weight excluding hydrogens is 319 g/mol. The Hall–Kier alpha value is -1.75. The standard InChI is InChI=1S/C20H25FN2O2/c1-19(2)9-15-10-20(3,11-19)12-22(15)16-8-17(24)23(18(16)25)14-6-4-13(21)5-7-14/h4-7,15-16H,8-12H2,1-3H3/t15-,16+,20-/m1/s1. The highest BCUT2D eigenvalue weighted by Crippen LogP contribution is 2.53. The predicted molar refractivity (Wildman–Crippen MR) is 93.5 cm³/mol. The van der Waals surface area contributed by atoms with Crippen LogP contribution in [0.3, 0.4) is 0 Å². The van der Waals surface area contributed by atoms with Crippen molar-refractivity contribution in [1.29, 1.82) is 0 Å². The summed E-state index contributed by atoms with van der Waals surface area (Å²) in [7, 11) is 0. The summed E-state index contributed by atoms with van der Waals surface area (Å²) >= 11 is 0. The van der Waals surface area contributed by atoms with Gasteiger partial charge in [-0.2, -0.15) is 0 Å². The van der Waals surface area contributed by atoms with Crippen LogP contribution in [0.5, 0.6) is 0 Å². The Bertz CT molecular complexity index is 730. The molecule has 25 heavy (non-hydrogen) atoms. The summed E-state index contributed by atoms with van der Waals surface area (Å²) < 4.78 is 13.2. The lowest BCUT2D eigenvalue weighted by Crippen LogP contribution is -2.45. The number of fused-ring (bicyclic) bond motifs is 2. The maximum atomic E-state index is 13.2. The van der Waals surface area contributed by atoms with E-state index < -0.39 is 0 Å². The van der Waals surface area contributed by atoms with Gasteiger partial charge in [0, 0.05) is 12.6 Å². The summed E-state index contributed by atoms with van der Waals surface area (Å²) in [5, 5.41) is 0. The Balaban J connectivity index is 1.59. The number of anilines is 1. The zero-order chi connectivity index (χ0) is 18.0. The average molecular weight is 344 g/mol. The van der Waals surface area contributed by atoms with E-state index in [0.29, 0.717) is 11.7 Å². The first kappa shape index (κ1) is 16.7. The topological polar surface area (TPSA) is 40.6 Å². The highest BCUT2D eigenvalue weighted by molar-refractivity contribution is 6.22. The molecule has 134 valence electrons. The molecule has 4 nitrogen and oxygen atoms in total. The highest BCUT2D eigenvalue weighted by Gasteiger charge is 2.54. The number of imide groups is 1. The molecule has 2 aliphatic heterocycles. The average Bonchev–Trinajstić information content (AvgIpc) is 2.92. The zero-order valence-electron chi connectivity index (χ0n) is 15.1. The molecular formula is C20H25FN2O2. The second-order valence-corrected chi connectivity index (χ2v) is 9.15. The number of carbonyl (C=O) groups excluding carboxylic acids is 2. The molecule has 1 saturated carbocycles. The third-order valence-electron chi connectivity index (χ3n) is 6.06. The van der Waals surface area contributed by atoms with Crippen LogP contribution in [0.2, 0.25) is 0 Å². The molecule has 3 aliphatic rings. The van der Waals surface area contributed by atoms with Crippen molar-refractivity contribution in [2.45, 2.75) is 58.5 Å². The third-order valence-corrected chi connectivity index (χ3v) is 6.06. The molecule has 0 radical (unpaired) electrons. The van der Waals surface area contributed by atoms with Crippen molar-refractivity contribution in [2.75, 3.05) is 11.4 Å². The van der Waals surface area contributed by atoms with Crippen LogP contribution in [0.25, 0.3) is 0 Å². The van der Waals surface area contributed by atoms with Gasteiger partial charge in [0.15, 0.2) is 0 Å². The van der Waals surface area contributed by atoms with Gasteiger partial charge < -0.3 is 0 Å². The molecule has 0 spiro atoms. The van der Waals surface area contributed by atoms with E-state index in [9.17, 15) is 14.0 Å². The van der Waals surface area contributed by atoms with Gasteiger partial charge in [0.2, 0.25) is 5.91 Å². The van der Waals surface area contributed by atoms with Crippen LogP contribution < -0.4 is 4.90 Å². The second kappa shape index (κ2) is 5.37. The fourth-order valence-electron chi connectivity index (χ4n) is 5.60. The van der Waals surface area contributed by atoms with Crippen LogP contribution in [0.15, 0.2) is 24.3 Å². The molecule has 0 unspecified atom stereocenters. The Morgan fingerprint density at radius 3 is 2.44 bits per heavy atom. The van der Waals surface area contributed by atoms with E-state index in [1.807, 2.05) is 0 Å². The van der Waals surface area contributed by atoms with Crippen molar-refractivity contribution in [3.05, 3.63) is 30.1 Å². The van der Waals surface area contributed by atoms with Gasteiger partial charge in [-0.05, 0) is 54.4 Å². The lowest BCUT2D eigenvalue weighted by atomic mass is 9.65. The van der Waals surface area contributed by atoms with Crippen LogP contribution >= 0.6 is 0 Å². The highest BCUT2D eigenvalue weighted by atomic mass is 19.1. The van der Waals surface area contributed by atoms with E-state index in [0.717, 1.165) is 25.8 Å². The van der Waals surface area contributed by atoms with Crippen LogP contribution in [0.1, 0.15) is 46.5 Å². The lowest BCUT2D eigenvalue weighted by Gasteiger charge is -2.40. The van der Waals surface area contributed by atoms with Gasteiger partial charge in [-0.15, -0.1) is 0 Å². The summed E-state index contributed by atoms with van der Waals surface area (Å²) in [6.45, 7) is 7.78. The molecule has 1 aromatic carbocycles. The lowest BCUT2D eigenvalue weighted by molar-refractivity contribution is -0.123. The van der Waals surface area contributed by atoms with Gasteiger partial charge in [0.1, 0.15) is 5.82 Å². The molecule has 5 heteroatoms. The van der Waals surface area contributed by atoms with Gasteiger partial charge in [-0.1, -0.05) is 20.8 Å². The largest absolute Gasteiger partial charge is 0.288 e. The number of hydrogen-bond donors (Lipinski definition) is 0. The molecule has 1 aliphatic carbocycles. The number of carbonyl (C=O) groups is 2. The molecule has 2 amide bonds. The number of nitrogens with zero attached hydrogens (tertiary/aromatic N) is 2. The molecule has 3 fully saturated rings. The summed E-state index contributed by atoms with van der Waals surface area (Å²) in [6, 6.07) is 5.56. The Morgan fingerprint density at radius 1 is 1.08 bits per heavy atom. The van der Waals surface area contributed by atoms with E-state index >= 15 is 0 Å². The first-order valence-electron chi connectivity index (χ1n) is 9.06. The molecule has 1 aromatic rings. The number of benzene rings is 1. The Kier molecular flexibility index (Phi) is 3.59. The Labute approximate surface area is 148 Å². The molecule has 0 aromatic heterocycles. The normalized spacial score (nSPS) is 34.8. The van der Waals surface area contributed by atoms with E-state index in [4.69, 9.17) is 0 Å². The molecule has 2 saturated heterocycles. The quantitative estimate of drug-likeness (QED) is 0.773. The van der Waals surface area contributed by atoms with Crippen molar-refractivity contribution in [2.24, 2.45) is 10.8 Å². The third kappa shape index (κ3) is 2.78. The predicted octanol–water partition coefficient (Wildman–Crippen LogP) is 3.36. The second-order valence-electron chi connectivity index (χ2n) is 9.15. The van der Waals surface area contributed by atoms with Gasteiger partial charge in [-0.3, -0.25) is 14.5 Å². The van der Waals surface area contributed by atoms with E-state index in [-0.39, 0.29) is 40.9 Å². The number of halogens is 1. The van der Waals surface area contributed by atoms with Crippen molar-refractivity contribution in [1.82, 2.24) is 4.90 Å². The minimum atomic E-state index is -0.377. The van der Waals surface area contributed by atoms with Crippen molar-refractivity contribution in [3.8, 4) is 0 Å². The monoisotopic (exact) mass is 344 g/mol. The van der Waals surface area contributed by atoms with Gasteiger partial charge >= 0.3 is 0 Å². The molecule has 2 bridgehead atoms.